The van der Waals surface area contributed by atoms with Gasteiger partial charge in [-0.05, 0) is 19.4 Å². The molecule has 0 bridgehead atoms. The summed E-state index contributed by atoms with van der Waals surface area (Å²) in [4.78, 5) is 31.4. The van der Waals surface area contributed by atoms with Crippen molar-refractivity contribution in [2.24, 2.45) is 0 Å². The van der Waals surface area contributed by atoms with Crippen molar-refractivity contribution >= 4 is 43.9 Å². The van der Waals surface area contributed by atoms with Gasteiger partial charge in [0, 0.05) is 10.4 Å². The van der Waals surface area contributed by atoms with Crippen LogP contribution in [-0.2, 0) is 11.3 Å². The Balaban J connectivity index is 1.71. The second kappa shape index (κ2) is 7.01. The third-order valence-corrected chi connectivity index (χ3v) is 5.77. The van der Waals surface area contributed by atoms with Crippen LogP contribution in [0.3, 0.4) is 0 Å². The fourth-order valence-corrected chi connectivity index (χ4v) is 4.47. The van der Waals surface area contributed by atoms with Crippen molar-refractivity contribution in [3.63, 3.8) is 0 Å². The van der Waals surface area contributed by atoms with Crippen LogP contribution in [0.15, 0.2) is 41.5 Å². The molecule has 0 aliphatic heterocycles. The Morgan fingerprint density at radius 1 is 1.15 bits per heavy atom. The van der Waals surface area contributed by atoms with E-state index < -0.39 is 0 Å². The number of hydrogen-bond acceptors (Lipinski definition) is 7. The Morgan fingerprint density at radius 3 is 2.63 bits per heavy atom. The Labute approximate surface area is 162 Å². The number of anilines is 1. The molecule has 0 aliphatic carbocycles. The number of aromatic nitrogens is 4. The van der Waals surface area contributed by atoms with Gasteiger partial charge >= 0.3 is 0 Å². The van der Waals surface area contributed by atoms with E-state index in [9.17, 15) is 9.59 Å². The fourth-order valence-electron chi connectivity index (χ4n) is 2.86. The maximum absolute atomic E-state index is 13.1. The molecule has 0 radical (unpaired) electrons. The molecule has 0 unspecified atom stereocenters. The molecule has 9 heteroatoms. The second-order valence-electron chi connectivity index (χ2n) is 5.93. The maximum Gasteiger partial charge on any atom is 0.263 e. The number of hydrogen-bond donors (Lipinski definition) is 1. The quantitative estimate of drug-likeness (QED) is 0.571. The zero-order valence-electron chi connectivity index (χ0n) is 14.6. The summed E-state index contributed by atoms with van der Waals surface area (Å²) < 4.78 is 1.32. The molecule has 0 saturated heterocycles. The van der Waals surface area contributed by atoms with Crippen LogP contribution in [-0.4, -0.2) is 25.7 Å². The monoisotopic (exact) mass is 397 g/mol. The lowest BCUT2D eigenvalue weighted by Gasteiger charge is -2.06. The van der Waals surface area contributed by atoms with E-state index in [1.807, 2.05) is 37.3 Å². The van der Waals surface area contributed by atoms with Gasteiger partial charge in [-0.25, -0.2) is 4.98 Å². The molecule has 27 heavy (non-hydrogen) atoms. The smallest absolute Gasteiger partial charge is 0.263 e. The Hall–Kier alpha value is -2.91. The standard InChI is InChI=1S/C18H15N5O2S2/c1-10-14(12-6-4-3-5-7-12)15-16(26-10)19-9-23(17(15)25)8-13(24)20-18-22-21-11(2)27-18/h3-7,9H,8H2,1-2H3,(H,20,22,24). The van der Waals surface area contributed by atoms with Crippen molar-refractivity contribution in [3.8, 4) is 11.1 Å². The number of thiophene rings is 1. The Morgan fingerprint density at radius 2 is 1.93 bits per heavy atom. The summed E-state index contributed by atoms with van der Waals surface area (Å²) in [5.74, 6) is -0.345. The molecule has 0 saturated carbocycles. The lowest BCUT2D eigenvalue weighted by atomic mass is 10.0. The number of carbonyl (C=O) groups is 1. The molecule has 0 aliphatic rings. The first-order valence-corrected chi connectivity index (χ1v) is 9.80. The van der Waals surface area contributed by atoms with E-state index >= 15 is 0 Å². The first-order chi connectivity index (χ1) is 13.0. The second-order valence-corrected chi connectivity index (χ2v) is 8.32. The highest BCUT2D eigenvalue weighted by Gasteiger charge is 2.18. The van der Waals surface area contributed by atoms with Crippen LogP contribution in [0.4, 0.5) is 5.13 Å². The molecule has 0 atom stereocenters. The van der Waals surface area contributed by atoms with Gasteiger partial charge in [-0.1, -0.05) is 41.7 Å². The average molecular weight is 397 g/mol. The number of amides is 1. The highest BCUT2D eigenvalue weighted by atomic mass is 32.1. The largest absolute Gasteiger partial charge is 0.299 e. The summed E-state index contributed by atoms with van der Waals surface area (Å²) in [7, 11) is 0. The third-order valence-electron chi connectivity index (χ3n) is 4.00. The first-order valence-electron chi connectivity index (χ1n) is 8.17. The minimum Gasteiger partial charge on any atom is -0.299 e. The van der Waals surface area contributed by atoms with Crippen LogP contribution in [0, 0.1) is 13.8 Å². The van der Waals surface area contributed by atoms with E-state index in [4.69, 9.17) is 0 Å². The molecule has 7 nitrogen and oxygen atoms in total. The van der Waals surface area contributed by atoms with Gasteiger partial charge in [-0.15, -0.1) is 21.5 Å². The minimum absolute atomic E-state index is 0.135. The van der Waals surface area contributed by atoms with Crippen molar-refractivity contribution in [1.82, 2.24) is 19.7 Å². The van der Waals surface area contributed by atoms with Gasteiger partial charge in [-0.2, -0.15) is 0 Å². The van der Waals surface area contributed by atoms with E-state index in [0.29, 0.717) is 15.3 Å². The van der Waals surface area contributed by atoms with Crippen LogP contribution >= 0.6 is 22.7 Å². The Bertz CT molecular complexity index is 1190. The molecule has 4 aromatic rings. The van der Waals surface area contributed by atoms with Crippen molar-refractivity contribution in [2.75, 3.05) is 5.32 Å². The lowest BCUT2D eigenvalue weighted by Crippen LogP contribution is -2.27. The van der Waals surface area contributed by atoms with Gasteiger partial charge in [0.05, 0.1) is 11.7 Å². The van der Waals surface area contributed by atoms with Crippen LogP contribution in [0.2, 0.25) is 0 Å². The number of rotatable bonds is 4. The molecule has 136 valence electrons. The molecule has 1 amide bonds. The number of fused-ring (bicyclic) bond motifs is 1. The van der Waals surface area contributed by atoms with Crippen molar-refractivity contribution in [1.29, 1.82) is 0 Å². The first kappa shape index (κ1) is 17.5. The minimum atomic E-state index is -0.345. The molecular weight excluding hydrogens is 382 g/mol. The van der Waals surface area contributed by atoms with Gasteiger partial charge < -0.3 is 0 Å². The van der Waals surface area contributed by atoms with Crippen LogP contribution < -0.4 is 10.9 Å². The SMILES string of the molecule is Cc1nnc(NC(=O)Cn2cnc3sc(C)c(-c4ccccc4)c3c2=O)s1. The van der Waals surface area contributed by atoms with E-state index in [1.54, 1.807) is 6.92 Å². The van der Waals surface area contributed by atoms with Crippen LogP contribution in [0.25, 0.3) is 21.3 Å². The zero-order valence-corrected chi connectivity index (χ0v) is 16.2. The number of carbonyl (C=O) groups excluding carboxylic acids is 1. The molecule has 1 aromatic carbocycles. The normalized spacial score (nSPS) is 11.0. The fraction of sp³-hybridized carbons (Fsp3) is 0.167. The average Bonchev–Trinajstić information content (AvgIpc) is 3.21. The molecular formula is C18H15N5O2S2. The van der Waals surface area contributed by atoms with E-state index in [1.165, 1.54) is 33.6 Å². The van der Waals surface area contributed by atoms with Gasteiger partial charge in [0.25, 0.3) is 5.56 Å². The number of nitrogens with one attached hydrogen (secondary N) is 1. The summed E-state index contributed by atoms with van der Waals surface area (Å²) in [6, 6.07) is 9.74. The van der Waals surface area contributed by atoms with Crippen LogP contribution in [0.5, 0.6) is 0 Å². The molecule has 3 aromatic heterocycles. The van der Waals surface area contributed by atoms with Gasteiger partial charge in [0.1, 0.15) is 16.4 Å². The summed E-state index contributed by atoms with van der Waals surface area (Å²) in [5.41, 5.74) is 1.61. The highest BCUT2D eigenvalue weighted by molar-refractivity contribution is 7.19. The topological polar surface area (TPSA) is 89.8 Å². The summed E-state index contributed by atoms with van der Waals surface area (Å²) >= 11 is 2.76. The molecule has 0 spiro atoms. The third kappa shape index (κ3) is 3.38. The summed E-state index contributed by atoms with van der Waals surface area (Å²) in [6.45, 7) is 3.65. The van der Waals surface area contributed by atoms with E-state index in [-0.39, 0.29) is 18.0 Å². The molecule has 3 heterocycles. The van der Waals surface area contributed by atoms with Crippen molar-refractivity contribution < 1.29 is 4.79 Å². The zero-order chi connectivity index (χ0) is 19.0. The van der Waals surface area contributed by atoms with Gasteiger partial charge in [0.15, 0.2) is 0 Å². The van der Waals surface area contributed by atoms with E-state index in [0.717, 1.165) is 21.0 Å². The maximum atomic E-state index is 13.1. The predicted octanol–water partition coefficient (Wildman–Crippen LogP) is 3.23. The summed E-state index contributed by atoms with van der Waals surface area (Å²) in [6.07, 6.45) is 1.42. The summed E-state index contributed by atoms with van der Waals surface area (Å²) in [5, 5.41) is 12.1. The van der Waals surface area contributed by atoms with Gasteiger partial charge in [-0.3, -0.25) is 19.5 Å². The molecule has 0 fully saturated rings. The van der Waals surface area contributed by atoms with Gasteiger partial charge in [0.2, 0.25) is 11.0 Å². The predicted molar refractivity (Wildman–Crippen MR) is 107 cm³/mol. The number of nitrogens with zero attached hydrogens (tertiary/aromatic N) is 4. The number of aryl methyl sites for hydroxylation is 2. The number of benzene rings is 1. The molecule has 1 N–H and O–H groups in total. The molecule has 4 rings (SSSR count). The highest BCUT2D eigenvalue weighted by Crippen LogP contribution is 2.35. The van der Waals surface area contributed by atoms with Crippen molar-refractivity contribution in [3.05, 3.63) is 56.9 Å². The van der Waals surface area contributed by atoms with Crippen LogP contribution in [0.1, 0.15) is 9.88 Å². The Kier molecular flexibility index (Phi) is 4.54. The lowest BCUT2D eigenvalue weighted by molar-refractivity contribution is -0.116. The van der Waals surface area contributed by atoms with E-state index in [2.05, 4.69) is 20.5 Å². The van der Waals surface area contributed by atoms with Crippen molar-refractivity contribution in [2.45, 2.75) is 20.4 Å².